The molecular weight excluding hydrogens is 1960 g/mol. The largest absolute Gasteiger partial charge is 3.00 e. The van der Waals surface area contributed by atoms with Gasteiger partial charge in [-0.3, -0.25) is 19.9 Å². The normalized spacial score (nSPS) is 9.26. The van der Waals surface area contributed by atoms with Gasteiger partial charge in [0.1, 0.15) is 0 Å². The zero-order valence-corrected chi connectivity index (χ0v) is 65.5. The molecule has 0 aliphatic rings. The molecule has 0 fully saturated rings. The van der Waals surface area contributed by atoms with Crippen molar-refractivity contribution in [2.24, 2.45) is 0 Å². The summed E-state index contributed by atoms with van der Waals surface area (Å²) in [4.78, 5) is 87.5. The van der Waals surface area contributed by atoms with Crippen LogP contribution in [0.1, 0.15) is 62.1 Å². The van der Waals surface area contributed by atoms with Gasteiger partial charge in [-0.05, 0) is 179 Å². The third-order valence-corrected chi connectivity index (χ3v) is 14.9. The molecule has 0 saturated carbocycles. The zero-order valence-electron chi connectivity index (χ0n) is 51.2. The molecule has 0 amide bonds. The van der Waals surface area contributed by atoms with E-state index in [9.17, 15) is 59.4 Å². The van der Waals surface area contributed by atoms with Crippen LogP contribution in [0.4, 0.5) is 0 Å². The van der Waals surface area contributed by atoms with E-state index in [0.29, 0.717) is 0 Å². The molecule has 6 aromatic carbocycles. The minimum Gasteiger partial charge on any atom is -0.545 e. The first-order chi connectivity index (χ1) is 46.1. The van der Waals surface area contributed by atoms with E-state index in [1.165, 1.54) is 72.8 Å². The van der Waals surface area contributed by atoms with Crippen LogP contribution in [-0.2, 0) is 0 Å². The van der Waals surface area contributed by atoms with Crippen LogP contribution in [0.5, 0.6) is 0 Å². The van der Waals surface area contributed by atoms with Crippen molar-refractivity contribution in [3.63, 3.8) is 0 Å². The van der Waals surface area contributed by atoms with Crippen molar-refractivity contribution in [1.82, 2.24) is 29.9 Å². The van der Waals surface area contributed by atoms with Gasteiger partial charge in [0, 0.05) is 51.6 Å². The Kier molecular flexibility index (Phi) is 45.8. The number of rotatable bonds is 10. The molecule has 12 aromatic rings. The van der Waals surface area contributed by atoms with Crippen LogP contribution in [0.25, 0.3) is 45.6 Å². The monoisotopic (exact) mass is 2000 g/mol. The van der Waals surface area contributed by atoms with Crippen molar-refractivity contribution < 1.29 is 169 Å². The Balaban J connectivity index is 0.000000577. The minimum absolute atomic E-state index is 0. The summed E-state index contributed by atoms with van der Waals surface area (Å²) in [5, 5.41) is 61.1. The second-order valence-electron chi connectivity index (χ2n) is 18.4. The van der Waals surface area contributed by atoms with Gasteiger partial charge in [0.05, 0.1) is 81.4 Å². The molecule has 4 N–H and O–H groups in total. The summed E-state index contributed by atoms with van der Waals surface area (Å²) in [5.74, 6) is -6.88. The number of aromatic carboxylic acids is 6. The Hall–Kier alpha value is -6.99. The van der Waals surface area contributed by atoms with E-state index in [4.69, 9.17) is 0 Å². The number of carbonyl (C=O) groups excluding carboxylic acids is 6. The molecule has 0 spiro atoms. The van der Waals surface area contributed by atoms with Crippen molar-refractivity contribution >= 4 is 131 Å². The first-order valence-corrected chi connectivity index (χ1v) is 32.2. The Morgan fingerprint density at radius 1 is 0.210 bits per heavy atom. The summed E-state index contributed by atoms with van der Waals surface area (Å²) in [6.45, 7) is 0. The van der Waals surface area contributed by atoms with Crippen LogP contribution in [0, 0.1) is 98.8 Å². The van der Waals surface area contributed by atoms with E-state index in [-0.39, 0.29) is 143 Å². The summed E-state index contributed by atoms with van der Waals surface area (Å²) in [5.41, 5.74) is 8.11. The second kappa shape index (κ2) is 50.4. The van der Waals surface area contributed by atoms with Gasteiger partial charge < -0.3 is 70.4 Å². The van der Waals surface area contributed by atoms with Gasteiger partial charge >= 0.3 is 98.8 Å². The zero-order chi connectivity index (χ0) is 69.8. The summed E-state index contributed by atoms with van der Waals surface area (Å²) in [6.07, 6.45) is 7.07. The van der Waals surface area contributed by atoms with Crippen LogP contribution in [0.3, 0.4) is 0 Å². The molecule has 0 bridgehead atoms. The maximum atomic E-state index is 10.2. The molecule has 0 saturated heterocycles. The van der Waals surface area contributed by atoms with E-state index >= 15 is 0 Å². The fourth-order valence-electron chi connectivity index (χ4n) is 7.01. The quantitative estimate of drug-likeness (QED) is 0.123. The second-order valence-corrected chi connectivity index (χ2v) is 23.9. The average molecular weight is 2010 g/mol. The summed E-state index contributed by atoms with van der Waals surface area (Å²) in [6, 6.07) is 72.7. The Bertz CT molecular complexity index is 3750. The van der Waals surface area contributed by atoms with Gasteiger partial charge in [-0.15, -0.1) is 0 Å². The molecular formula is C72H50Br6Eu2N6O14. The van der Waals surface area contributed by atoms with Gasteiger partial charge in [0.2, 0.25) is 0 Å². The number of pyridine rings is 6. The van der Waals surface area contributed by atoms with Crippen LogP contribution < -0.4 is 30.6 Å². The summed E-state index contributed by atoms with van der Waals surface area (Å²) in [7, 11) is 0. The minimum atomic E-state index is -1.15. The number of hydrogen-bond acceptors (Lipinski definition) is 18. The molecule has 12 rings (SSSR count). The molecule has 0 atom stereocenters. The van der Waals surface area contributed by atoms with Crippen molar-refractivity contribution in [3.05, 3.63) is 340 Å². The number of aromatic nitrogens is 6. The van der Waals surface area contributed by atoms with E-state index in [1.54, 1.807) is 97.6 Å². The number of halogens is 6. The van der Waals surface area contributed by atoms with Gasteiger partial charge in [0.15, 0.2) is 0 Å². The number of carboxylic acid groups (broad SMARTS) is 6. The molecule has 508 valence electrons. The van der Waals surface area contributed by atoms with Crippen molar-refractivity contribution in [2.75, 3.05) is 0 Å². The average Bonchev–Trinajstić information content (AvgIpc) is 0.848. The Labute approximate surface area is 706 Å². The first-order valence-electron chi connectivity index (χ1n) is 27.5. The van der Waals surface area contributed by atoms with E-state index in [2.05, 4.69) is 125 Å². The molecule has 20 nitrogen and oxygen atoms in total. The topological polar surface area (TPSA) is 381 Å². The fraction of sp³-hybridized carbons (Fsp3) is 0. The van der Waals surface area contributed by atoms with Crippen LogP contribution >= 0.6 is 95.6 Å². The van der Waals surface area contributed by atoms with Crippen LogP contribution in [0.2, 0.25) is 0 Å². The predicted octanol–water partition coefficient (Wildman–Crippen LogP) is 9.64. The summed E-state index contributed by atoms with van der Waals surface area (Å²) < 4.78 is 5.15. The van der Waals surface area contributed by atoms with E-state index in [1.807, 2.05) is 109 Å². The molecule has 28 heteroatoms. The maximum absolute atomic E-state index is 10.2. The SMILES string of the molecule is O.O.O=C([O-])c1ccc(Br)cc1.O=C([O-])c1ccc(Br)cc1.O=C([O-])c1ccc(Br)cc1.O=C([O-])c1ccc(Br)cc1.O=C([O-])c1ccc(Br)cc1.O=C([O-])c1ccc(Br)cc1.[Eu+3].[Eu+3].c1ccc(-c2cccc(-c3ccccn3)n2)nc1.c1ccc(-c2cccc(-c3ccccn3)n2)nc1. The summed E-state index contributed by atoms with van der Waals surface area (Å²) >= 11 is 19.1. The van der Waals surface area contributed by atoms with Crippen LogP contribution in [0.15, 0.2) is 306 Å². The van der Waals surface area contributed by atoms with Gasteiger partial charge in [-0.1, -0.05) is 205 Å². The van der Waals surface area contributed by atoms with Gasteiger partial charge in [0.25, 0.3) is 0 Å². The number of nitrogens with zero attached hydrogens (tertiary/aromatic N) is 6. The standard InChI is InChI=1S/2C15H11N3.6C7H5BrO2.2Eu.2H2O/c2*1-3-10-16-12(6-1)14-8-5-9-15(18-14)13-7-2-4-11-17-13;6*8-6-3-1-5(2-4-6)7(9)10;;;;/h2*1-11H;6*1-4H,(H,9,10);;;2*1H2/q;;;;;;;;2*+3;;/p-6. The molecule has 100 heavy (non-hydrogen) atoms. The molecule has 0 radical (unpaired) electrons. The molecule has 0 aliphatic carbocycles. The number of carboxylic acids is 6. The van der Waals surface area contributed by atoms with Crippen molar-refractivity contribution in [2.45, 2.75) is 0 Å². The maximum Gasteiger partial charge on any atom is 3.00 e. The number of carbonyl (C=O) groups is 6. The van der Waals surface area contributed by atoms with Crippen molar-refractivity contribution in [3.8, 4) is 45.6 Å². The van der Waals surface area contributed by atoms with E-state index < -0.39 is 35.8 Å². The molecule has 6 aromatic heterocycles. The molecule has 0 unspecified atom stereocenters. The first kappa shape index (κ1) is 91.0. The fourth-order valence-corrected chi connectivity index (χ4v) is 8.60. The van der Waals surface area contributed by atoms with E-state index in [0.717, 1.165) is 72.4 Å². The smallest absolute Gasteiger partial charge is 0.545 e. The third kappa shape index (κ3) is 35.1. The molecule has 6 heterocycles. The van der Waals surface area contributed by atoms with Gasteiger partial charge in [-0.2, -0.15) is 0 Å². The third-order valence-electron chi connectivity index (χ3n) is 11.7. The predicted molar refractivity (Wildman–Crippen MR) is 379 cm³/mol. The number of hydrogen-bond donors (Lipinski definition) is 0. The Morgan fingerprint density at radius 3 is 0.470 bits per heavy atom. The number of benzene rings is 6. The van der Waals surface area contributed by atoms with Crippen LogP contribution in [-0.4, -0.2) is 76.7 Å². The van der Waals surface area contributed by atoms with Gasteiger partial charge in [-0.25, -0.2) is 9.97 Å². The Morgan fingerprint density at radius 2 is 0.350 bits per heavy atom. The van der Waals surface area contributed by atoms with Crippen molar-refractivity contribution in [1.29, 1.82) is 0 Å². The molecule has 0 aliphatic heterocycles.